The van der Waals surface area contributed by atoms with Crippen molar-refractivity contribution in [3.05, 3.63) is 46.1 Å². The first-order chi connectivity index (χ1) is 8.77. The van der Waals surface area contributed by atoms with Crippen molar-refractivity contribution < 1.29 is 17.6 Å². The summed E-state index contributed by atoms with van der Waals surface area (Å²) in [5.74, 6) is -0.796. The maximum absolute atomic E-state index is 13.6. The molecule has 0 aliphatic carbocycles. The van der Waals surface area contributed by atoms with Gasteiger partial charge in [-0.1, -0.05) is 11.6 Å². The second-order valence-corrected chi connectivity index (χ2v) is 4.30. The molecule has 2 rings (SSSR count). The van der Waals surface area contributed by atoms with Crippen LogP contribution >= 0.6 is 23.2 Å². The highest BCUT2D eigenvalue weighted by atomic mass is 35.5. The third kappa shape index (κ3) is 3.13. The number of nitrogens with zero attached hydrogens (tertiary/aromatic N) is 2. The Labute approximate surface area is 115 Å². The standard InChI is InChI=1S/C11H4Cl2F4N2/c12-5-1-2-6(7(14)3-5)8-4-9(11(15,16)17)19-10(13)18-8/h1-4H. The van der Waals surface area contributed by atoms with Gasteiger partial charge in [-0.05, 0) is 35.9 Å². The maximum Gasteiger partial charge on any atom is 0.433 e. The molecule has 0 bridgehead atoms. The molecule has 19 heavy (non-hydrogen) atoms. The first-order valence-electron chi connectivity index (χ1n) is 4.84. The van der Waals surface area contributed by atoms with Crippen molar-refractivity contribution in [2.75, 3.05) is 0 Å². The fraction of sp³-hybridized carbons (Fsp3) is 0.0909. The number of hydrogen-bond acceptors (Lipinski definition) is 2. The lowest BCUT2D eigenvalue weighted by molar-refractivity contribution is -0.141. The fourth-order valence-corrected chi connectivity index (χ4v) is 1.74. The molecule has 1 aromatic carbocycles. The molecule has 2 aromatic rings. The topological polar surface area (TPSA) is 25.8 Å². The molecule has 2 nitrogen and oxygen atoms in total. The molecule has 8 heteroatoms. The maximum atomic E-state index is 13.6. The average Bonchev–Trinajstić information content (AvgIpc) is 2.26. The van der Waals surface area contributed by atoms with E-state index in [1.165, 1.54) is 12.1 Å². The lowest BCUT2D eigenvalue weighted by Crippen LogP contribution is -2.09. The Morgan fingerprint density at radius 3 is 2.26 bits per heavy atom. The molecule has 0 saturated heterocycles. The van der Waals surface area contributed by atoms with Gasteiger partial charge in [0, 0.05) is 10.6 Å². The van der Waals surface area contributed by atoms with Crippen LogP contribution in [-0.2, 0) is 6.18 Å². The minimum Gasteiger partial charge on any atom is -0.218 e. The van der Waals surface area contributed by atoms with Crippen LogP contribution in [0.5, 0.6) is 0 Å². The summed E-state index contributed by atoms with van der Waals surface area (Å²) in [5.41, 5.74) is -1.64. The highest BCUT2D eigenvalue weighted by Crippen LogP contribution is 2.32. The van der Waals surface area contributed by atoms with Crippen LogP contribution < -0.4 is 0 Å². The third-order valence-electron chi connectivity index (χ3n) is 2.20. The first kappa shape index (κ1) is 14.0. The lowest BCUT2D eigenvalue weighted by Gasteiger charge is -2.09. The summed E-state index contributed by atoms with van der Waals surface area (Å²) in [5, 5.41) is -0.489. The zero-order valence-corrected chi connectivity index (χ0v) is 10.5. The van der Waals surface area contributed by atoms with Gasteiger partial charge in [0.05, 0.1) is 5.69 Å². The van der Waals surface area contributed by atoms with E-state index in [9.17, 15) is 17.6 Å². The second-order valence-electron chi connectivity index (χ2n) is 3.53. The number of benzene rings is 1. The van der Waals surface area contributed by atoms with Gasteiger partial charge in [-0.25, -0.2) is 14.4 Å². The Bertz CT molecular complexity index is 629. The van der Waals surface area contributed by atoms with E-state index in [4.69, 9.17) is 23.2 Å². The molecule has 0 spiro atoms. The van der Waals surface area contributed by atoms with Gasteiger partial charge in [-0.15, -0.1) is 0 Å². The average molecular weight is 311 g/mol. The molecule has 0 N–H and O–H groups in total. The van der Waals surface area contributed by atoms with Crippen LogP contribution in [0.15, 0.2) is 24.3 Å². The molecule has 1 heterocycles. The Morgan fingerprint density at radius 2 is 1.68 bits per heavy atom. The summed E-state index contributed by atoms with van der Waals surface area (Å²) in [4.78, 5) is 6.64. The minimum atomic E-state index is -4.69. The summed E-state index contributed by atoms with van der Waals surface area (Å²) in [6, 6.07) is 4.15. The van der Waals surface area contributed by atoms with Gasteiger partial charge in [0.1, 0.15) is 11.5 Å². The van der Waals surface area contributed by atoms with Crippen molar-refractivity contribution in [1.82, 2.24) is 9.97 Å². The Morgan fingerprint density at radius 1 is 1.00 bits per heavy atom. The largest absolute Gasteiger partial charge is 0.433 e. The quantitative estimate of drug-likeness (QED) is 0.568. The molecule has 0 amide bonds. The molecular formula is C11H4Cl2F4N2. The predicted octanol–water partition coefficient (Wildman–Crippen LogP) is 4.61. The highest BCUT2D eigenvalue weighted by molar-refractivity contribution is 6.30. The summed E-state index contributed by atoms with van der Waals surface area (Å²) >= 11 is 11.0. The second kappa shape index (κ2) is 4.94. The summed E-state index contributed by atoms with van der Waals surface area (Å²) < 4.78 is 51.3. The zero-order valence-electron chi connectivity index (χ0n) is 8.97. The van der Waals surface area contributed by atoms with Crippen LogP contribution in [0.2, 0.25) is 10.3 Å². The Kier molecular flexibility index (Phi) is 3.64. The van der Waals surface area contributed by atoms with E-state index < -0.39 is 23.0 Å². The van der Waals surface area contributed by atoms with Crippen molar-refractivity contribution in [2.24, 2.45) is 0 Å². The Balaban J connectivity index is 2.59. The molecule has 1 aromatic heterocycles. The highest BCUT2D eigenvalue weighted by Gasteiger charge is 2.33. The molecular weight excluding hydrogens is 307 g/mol. The minimum absolute atomic E-state index is 0.123. The van der Waals surface area contributed by atoms with Crippen LogP contribution in [0.25, 0.3) is 11.3 Å². The number of alkyl halides is 3. The van der Waals surface area contributed by atoms with Crippen molar-refractivity contribution in [2.45, 2.75) is 6.18 Å². The number of rotatable bonds is 1. The van der Waals surface area contributed by atoms with Crippen LogP contribution in [0.1, 0.15) is 5.69 Å². The van der Waals surface area contributed by atoms with E-state index in [-0.39, 0.29) is 16.3 Å². The normalized spacial score (nSPS) is 11.7. The van der Waals surface area contributed by atoms with E-state index in [2.05, 4.69) is 9.97 Å². The monoisotopic (exact) mass is 310 g/mol. The van der Waals surface area contributed by atoms with E-state index in [0.717, 1.165) is 6.07 Å². The van der Waals surface area contributed by atoms with Crippen LogP contribution in [0.4, 0.5) is 17.6 Å². The van der Waals surface area contributed by atoms with Crippen LogP contribution in [-0.4, -0.2) is 9.97 Å². The van der Waals surface area contributed by atoms with Gasteiger partial charge in [-0.3, -0.25) is 0 Å². The number of aromatic nitrogens is 2. The van der Waals surface area contributed by atoms with Crippen molar-refractivity contribution in [3.8, 4) is 11.3 Å². The van der Waals surface area contributed by atoms with Gasteiger partial charge >= 0.3 is 6.18 Å². The summed E-state index contributed by atoms with van der Waals surface area (Å²) in [7, 11) is 0. The van der Waals surface area contributed by atoms with Gasteiger partial charge in [0.15, 0.2) is 0 Å². The molecule has 0 unspecified atom stereocenters. The van der Waals surface area contributed by atoms with E-state index in [0.29, 0.717) is 6.07 Å². The summed E-state index contributed by atoms with van der Waals surface area (Å²) in [6.45, 7) is 0. The zero-order chi connectivity index (χ0) is 14.2. The molecule has 0 saturated carbocycles. The van der Waals surface area contributed by atoms with Gasteiger partial charge in [0.2, 0.25) is 5.28 Å². The lowest BCUT2D eigenvalue weighted by atomic mass is 10.1. The Hall–Kier alpha value is -1.40. The van der Waals surface area contributed by atoms with Crippen molar-refractivity contribution in [3.63, 3.8) is 0 Å². The molecule has 0 atom stereocenters. The van der Waals surface area contributed by atoms with Gasteiger partial charge < -0.3 is 0 Å². The summed E-state index contributed by atoms with van der Waals surface area (Å²) in [6.07, 6.45) is -4.69. The smallest absolute Gasteiger partial charge is 0.218 e. The number of hydrogen-bond donors (Lipinski definition) is 0. The van der Waals surface area contributed by atoms with Crippen LogP contribution in [0, 0.1) is 5.82 Å². The predicted molar refractivity (Wildman–Crippen MR) is 62.4 cm³/mol. The molecule has 100 valence electrons. The SMILES string of the molecule is Fc1cc(Cl)ccc1-c1cc(C(F)(F)F)nc(Cl)n1. The molecule has 0 aliphatic heterocycles. The van der Waals surface area contributed by atoms with E-state index >= 15 is 0 Å². The van der Waals surface area contributed by atoms with E-state index in [1.54, 1.807) is 0 Å². The van der Waals surface area contributed by atoms with Crippen molar-refractivity contribution >= 4 is 23.2 Å². The van der Waals surface area contributed by atoms with Crippen molar-refractivity contribution in [1.29, 1.82) is 0 Å². The van der Waals surface area contributed by atoms with Gasteiger partial charge in [0.25, 0.3) is 0 Å². The molecule has 0 aliphatic rings. The third-order valence-corrected chi connectivity index (χ3v) is 2.60. The fourth-order valence-electron chi connectivity index (χ4n) is 1.40. The van der Waals surface area contributed by atoms with Crippen LogP contribution in [0.3, 0.4) is 0 Å². The molecule has 0 fully saturated rings. The first-order valence-corrected chi connectivity index (χ1v) is 5.60. The van der Waals surface area contributed by atoms with Gasteiger partial charge in [-0.2, -0.15) is 13.2 Å². The van der Waals surface area contributed by atoms with E-state index in [1.807, 2.05) is 0 Å². The number of halogens is 6. The molecule has 0 radical (unpaired) electrons.